The van der Waals surface area contributed by atoms with Gasteiger partial charge in [0.2, 0.25) is 0 Å². The zero-order valence-electron chi connectivity index (χ0n) is 21.4. The smallest absolute Gasteiger partial charge is 0.260 e. The van der Waals surface area contributed by atoms with Crippen molar-refractivity contribution in [3.05, 3.63) is 150 Å². The number of hydrogen-bond donors (Lipinski definition) is 0. The molecule has 1 amide bonds. The molecule has 1 spiro atoms. The van der Waals surface area contributed by atoms with Crippen LogP contribution in [-0.4, -0.2) is 23.5 Å². The van der Waals surface area contributed by atoms with Gasteiger partial charge in [0.25, 0.3) is 5.91 Å². The highest BCUT2D eigenvalue weighted by molar-refractivity contribution is 6.04. The number of para-hydroxylation sites is 1. The minimum Gasteiger partial charge on any atom is -0.347 e. The number of nitrogens with zero attached hydrogens (tertiary/aromatic N) is 2. The summed E-state index contributed by atoms with van der Waals surface area (Å²) in [6.45, 7) is 4.52. The molecule has 0 aliphatic carbocycles. The summed E-state index contributed by atoms with van der Waals surface area (Å²) in [5.74, 6) is -0.0215. The molecule has 1 unspecified atom stereocenters. The molecule has 0 N–H and O–H groups in total. The fourth-order valence-corrected chi connectivity index (χ4v) is 6.11. The summed E-state index contributed by atoms with van der Waals surface area (Å²) in [7, 11) is 2.12. The molecule has 1 atom stereocenters. The maximum atomic E-state index is 14.6. The van der Waals surface area contributed by atoms with Crippen molar-refractivity contribution in [2.24, 2.45) is 0 Å². The molecule has 4 aromatic carbocycles. The lowest BCUT2D eigenvalue weighted by Crippen LogP contribution is -2.66. The van der Waals surface area contributed by atoms with Crippen molar-refractivity contribution < 1.29 is 4.79 Å². The van der Waals surface area contributed by atoms with E-state index in [2.05, 4.69) is 98.6 Å². The number of fused-ring (bicyclic) bond motifs is 1. The first-order valence-electron chi connectivity index (χ1n) is 12.7. The number of carbonyl (C=O) groups excluding carboxylic acids is 1. The highest BCUT2D eigenvalue weighted by Gasteiger charge is 2.61. The van der Waals surface area contributed by atoms with E-state index in [0.717, 1.165) is 28.1 Å². The summed E-state index contributed by atoms with van der Waals surface area (Å²) in [6.07, 6.45) is 4.47. The predicted octanol–water partition coefficient (Wildman–Crippen LogP) is 7.39. The van der Waals surface area contributed by atoms with Gasteiger partial charge in [0, 0.05) is 23.7 Å². The molecule has 37 heavy (non-hydrogen) atoms. The average Bonchev–Trinajstić information content (AvgIpc) is 3.12. The molecule has 3 nitrogen and oxygen atoms in total. The summed E-state index contributed by atoms with van der Waals surface area (Å²) in [5.41, 5.74) is 5.95. The molecule has 0 aromatic heterocycles. The molecule has 0 fully saturated rings. The lowest BCUT2D eigenvalue weighted by Gasteiger charge is -2.54. The minimum atomic E-state index is -0.783. The highest BCUT2D eigenvalue weighted by atomic mass is 16.2. The van der Waals surface area contributed by atoms with Gasteiger partial charge in [-0.25, -0.2) is 0 Å². The third-order valence-electron chi connectivity index (χ3n) is 8.00. The lowest BCUT2D eigenvalue weighted by atomic mass is 9.71. The normalized spacial score (nSPS) is 19.9. The van der Waals surface area contributed by atoms with Crippen LogP contribution < -0.4 is 4.90 Å². The Morgan fingerprint density at radius 3 is 1.84 bits per heavy atom. The second-order valence-electron chi connectivity index (χ2n) is 10.3. The van der Waals surface area contributed by atoms with Gasteiger partial charge in [-0.15, -0.1) is 0 Å². The van der Waals surface area contributed by atoms with Crippen molar-refractivity contribution in [1.82, 2.24) is 4.90 Å². The zero-order valence-corrected chi connectivity index (χ0v) is 21.4. The number of amides is 1. The van der Waals surface area contributed by atoms with Gasteiger partial charge in [-0.2, -0.15) is 0 Å². The zero-order chi connectivity index (χ0) is 25.6. The SMILES string of the molecule is CN1c2ccccc2C(C)(C)C12C=C(c1ccccc1)C=C(c1ccccc1)N2C(=O)c1ccccc1. The molecule has 182 valence electrons. The van der Waals surface area contributed by atoms with E-state index >= 15 is 0 Å². The minimum absolute atomic E-state index is 0.0215. The fourth-order valence-electron chi connectivity index (χ4n) is 6.11. The molecule has 0 radical (unpaired) electrons. The van der Waals surface area contributed by atoms with E-state index in [1.165, 1.54) is 5.56 Å². The summed E-state index contributed by atoms with van der Waals surface area (Å²) < 4.78 is 0. The Hall–Kier alpha value is -4.37. The van der Waals surface area contributed by atoms with Crippen molar-refractivity contribution in [2.45, 2.75) is 24.9 Å². The standard InChI is InChI=1S/C34H30N2O/c1-33(2)29-21-13-14-22-30(29)35(3)34(33)24-28(25-15-7-4-8-16-25)23-31(26-17-9-5-10-18-26)36(34)32(37)27-19-11-6-12-20-27/h4-24H,1-3H3. The first kappa shape index (κ1) is 23.1. The molecule has 0 bridgehead atoms. The van der Waals surface area contributed by atoms with E-state index in [0.29, 0.717) is 5.56 Å². The molecule has 2 heterocycles. The summed E-state index contributed by atoms with van der Waals surface area (Å²) in [4.78, 5) is 18.9. The maximum Gasteiger partial charge on any atom is 0.260 e. The van der Waals surface area contributed by atoms with Crippen LogP contribution in [0.3, 0.4) is 0 Å². The van der Waals surface area contributed by atoms with Crippen LogP contribution in [0.15, 0.2) is 127 Å². The van der Waals surface area contributed by atoms with Crippen LogP contribution in [0.1, 0.15) is 40.9 Å². The number of hydrogen-bond acceptors (Lipinski definition) is 2. The van der Waals surface area contributed by atoms with Crippen molar-refractivity contribution in [3.63, 3.8) is 0 Å². The molecule has 6 rings (SSSR count). The number of anilines is 1. The summed E-state index contributed by atoms with van der Waals surface area (Å²) in [6, 6.07) is 38.9. The molecular formula is C34H30N2O. The van der Waals surface area contributed by atoms with Gasteiger partial charge in [-0.1, -0.05) is 111 Å². The van der Waals surface area contributed by atoms with E-state index < -0.39 is 11.1 Å². The van der Waals surface area contributed by atoms with E-state index in [1.54, 1.807) is 0 Å². The van der Waals surface area contributed by atoms with Gasteiger partial charge < -0.3 is 4.90 Å². The quantitative estimate of drug-likeness (QED) is 0.304. The van der Waals surface area contributed by atoms with Crippen molar-refractivity contribution in [3.8, 4) is 0 Å². The van der Waals surface area contributed by atoms with Crippen molar-refractivity contribution in [1.29, 1.82) is 0 Å². The number of rotatable bonds is 3. The molecular weight excluding hydrogens is 452 g/mol. The Morgan fingerprint density at radius 1 is 0.676 bits per heavy atom. The van der Waals surface area contributed by atoms with E-state index in [9.17, 15) is 4.79 Å². The number of likely N-dealkylation sites (N-methyl/N-ethyl adjacent to an activating group) is 1. The third kappa shape index (κ3) is 3.38. The van der Waals surface area contributed by atoms with Gasteiger partial charge in [-0.3, -0.25) is 9.69 Å². The second kappa shape index (κ2) is 8.63. The first-order chi connectivity index (χ1) is 17.9. The number of allylic oxidation sites excluding steroid dienone is 2. The molecule has 3 heteroatoms. The van der Waals surface area contributed by atoms with Crippen LogP contribution in [0.25, 0.3) is 11.3 Å². The summed E-state index contributed by atoms with van der Waals surface area (Å²) in [5, 5.41) is 0. The van der Waals surface area contributed by atoms with Crippen LogP contribution in [0.2, 0.25) is 0 Å². The Bertz CT molecular complexity index is 1520. The first-order valence-corrected chi connectivity index (χ1v) is 12.7. The van der Waals surface area contributed by atoms with Crippen LogP contribution >= 0.6 is 0 Å². The average molecular weight is 483 g/mol. The maximum absolute atomic E-state index is 14.6. The molecule has 2 aliphatic rings. The van der Waals surface area contributed by atoms with Crippen molar-refractivity contribution in [2.75, 3.05) is 11.9 Å². The van der Waals surface area contributed by atoms with Gasteiger partial charge in [0.15, 0.2) is 0 Å². The van der Waals surface area contributed by atoms with E-state index in [-0.39, 0.29) is 5.91 Å². The number of carbonyl (C=O) groups is 1. The predicted molar refractivity (Wildman–Crippen MR) is 152 cm³/mol. The Labute approximate surface area is 219 Å². The number of benzene rings is 4. The lowest BCUT2D eigenvalue weighted by molar-refractivity contribution is 0.0627. The highest BCUT2D eigenvalue weighted by Crippen LogP contribution is 2.57. The Balaban J connectivity index is 1.69. The van der Waals surface area contributed by atoms with Gasteiger partial charge >= 0.3 is 0 Å². The molecule has 0 saturated carbocycles. The molecule has 4 aromatic rings. The molecule has 0 saturated heterocycles. The third-order valence-corrected chi connectivity index (χ3v) is 8.00. The fraction of sp³-hybridized carbons (Fsp3) is 0.147. The van der Waals surface area contributed by atoms with Gasteiger partial charge in [0.1, 0.15) is 5.66 Å². The van der Waals surface area contributed by atoms with Crippen LogP contribution in [0.5, 0.6) is 0 Å². The van der Waals surface area contributed by atoms with Gasteiger partial charge in [-0.05, 0) is 52.6 Å². The topological polar surface area (TPSA) is 23.6 Å². The Morgan fingerprint density at radius 2 is 1.22 bits per heavy atom. The van der Waals surface area contributed by atoms with E-state index in [1.807, 2.05) is 59.5 Å². The van der Waals surface area contributed by atoms with Crippen LogP contribution in [0, 0.1) is 0 Å². The van der Waals surface area contributed by atoms with Gasteiger partial charge in [0.05, 0.1) is 5.70 Å². The Kier molecular flexibility index (Phi) is 5.38. The van der Waals surface area contributed by atoms with Crippen LogP contribution in [-0.2, 0) is 5.41 Å². The molecule has 2 aliphatic heterocycles. The van der Waals surface area contributed by atoms with E-state index in [4.69, 9.17) is 0 Å². The second-order valence-corrected chi connectivity index (χ2v) is 10.3. The monoisotopic (exact) mass is 482 g/mol. The van der Waals surface area contributed by atoms with Crippen LogP contribution in [0.4, 0.5) is 5.69 Å². The summed E-state index contributed by atoms with van der Waals surface area (Å²) >= 11 is 0. The van der Waals surface area contributed by atoms with Crippen molar-refractivity contribution >= 4 is 22.9 Å². The largest absolute Gasteiger partial charge is 0.347 e.